The Morgan fingerprint density at radius 3 is 2.73 bits per heavy atom. The van der Waals surface area contributed by atoms with E-state index in [-0.39, 0.29) is 23.6 Å². The molecule has 4 rings (SSSR count). The molecule has 1 saturated carbocycles. The van der Waals surface area contributed by atoms with Gasteiger partial charge in [-0.3, -0.25) is 19.6 Å². The van der Waals surface area contributed by atoms with Gasteiger partial charge in [-0.15, -0.1) is 0 Å². The fourth-order valence-electron chi connectivity index (χ4n) is 2.48. The zero-order chi connectivity index (χ0) is 17.9. The number of pyridine rings is 2. The molecule has 0 bridgehead atoms. The number of hydrogen-bond acceptors (Lipinski definition) is 5. The topological polar surface area (TPSA) is 97.1 Å². The Balaban J connectivity index is 1.49. The third kappa shape index (κ3) is 3.61. The van der Waals surface area contributed by atoms with Crippen LogP contribution in [0, 0.1) is 0 Å². The van der Waals surface area contributed by atoms with Crippen LogP contribution < -0.4 is 10.6 Å². The highest BCUT2D eigenvalue weighted by Crippen LogP contribution is 2.22. The molecule has 3 aromatic heterocycles. The van der Waals surface area contributed by atoms with Crippen LogP contribution >= 0.6 is 0 Å². The van der Waals surface area contributed by atoms with Gasteiger partial charge in [0.25, 0.3) is 11.8 Å². The van der Waals surface area contributed by atoms with Crippen LogP contribution in [0.2, 0.25) is 0 Å². The molecule has 3 aromatic rings. The molecular formula is C19H16N4O3. The largest absolute Gasteiger partial charge is 0.472 e. The first-order chi connectivity index (χ1) is 12.7. The molecule has 1 aliphatic rings. The van der Waals surface area contributed by atoms with Crippen LogP contribution in [-0.4, -0.2) is 27.8 Å². The van der Waals surface area contributed by atoms with Crippen LogP contribution in [0.25, 0.3) is 11.1 Å². The first-order valence-electron chi connectivity index (χ1n) is 8.25. The molecule has 7 nitrogen and oxygen atoms in total. The van der Waals surface area contributed by atoms with E-state index in [0.29, 0.717) is 11.3 Å². The van der Waals surface area contributed by atoms with Crippen molar-refractivity contribution in [2.75, 3.05) is 5.32 Å². The van der Waals surface area contributed by atoms with Gasteiger partial charge in [-0.2, -0.15) is 0 Å². The highest BCUT2D eigenvalue weighted by Gasteiger charge is 2.24. The zero-order valence-corrected chi connectivity index (χ0v) is 13.8. The van der Waals surface area contributed by atoms with Crippen molar-refractivity contribution in [1.82, 2.24) is 15.3 Å². The van der Waals surface area contributed by atoms with Gasteiger partial charge < -0.3 is 15.1 Å². The van der Waals surface area contributed by atoms with Crippen molar-refractivity contribution in [1.29, 1.82) is 0 Å². The van der Waals surface area contributed by atoms with Crippen LogP contribution in [0.15, 0.2) is 59.8 Å². The second-order valence-electron chi connectivity index (χ2n) is 6.11. The van der Waals surface area contributed by atoms with Crippen LogP contribution in [-0.2, 0) is 0 Å². The van der Waals surface area contributed by atoms with Crippen LogP contribution in [0.4, 0.5) is 5.69 Å². The van der Waals surface area contributed by atoms with E-state index in [0.717, 1.165) is 24.0 Å². The second-order valence-corrected chi connectivity index (χ2v) is 6.11. The van der Waals surface area contributed by atoms with Gasteiger partial charge >= 0.3 is 0 Å². The van der Waals surface area contributed by atoms with E-state index in [4.69, 9.17) is 4.42 Å². The summed E-state index contributed by atoms with van der Waals surface area (Å²) in [6, 6.07) is 6.91. The van der Waals surface area contributed by atoms with E-state index < -0.39 is 0 Å². The number of nitrogens with zero attached hydrogens (tertiary/aromatic N) is 2. The Bertz CT molecular complexity index is 949. The van der Waals surface area contributed by atoms with Gasteiger partial charge in [-0.25, -0.2) is 0 Å². The van der Waals surface area contributed by atoms with Crippen LogP contribution in [0.1, 0.15) is 33.7 Å². The fraction of sp³-hybridized carbons (Fsp3) is 0.158. The molecule has 0 saturated heterocycles. The van der Waals surface area contributed by atoms with Crippen molar-refractivity contribution in [3.8, 4) is 11.1 Å². The van der Waals surface area contributed by atoms with E-state index >= 15 is 0 Å². The van der Waals surface area contributed by atoms with Crippen molar-refractivity contribution < 1.29 is 14.0 Å². The highest BCUT2D eigenvalue weighted by atomic mass is 16.3. The molecule has 2 N–H and O–H groups in total. The van der Waals surface area contributed by atoms with E-state index in [9.17, 15) is 9.59 Å². The lowest BCUT2D eigenvalue weighted by molar-refractivity contribution is 0.0946. The summed E-state index contributed by atoms with van der Waals surface area (Å²) in [5.74, 6) is -0.593. The van der Waals surface area contributed by atoms with Gasteiger partial charge in [-0.1, -0.05) is 0 Å². The minimum Gasteiger partial charge on any atom is -0.472 e. The Labute approximate surface area is 149 Å². The maximum atomic E-state index is 12.5. The molecule has 26 heavy (non-hydrogen) atoms. The predicted octanol–water partition coefficient (Wildman–Crippen LogP) is 2.88. The van der Waals surface area contributed by atoms with Gasteiger partial charge in [0.15, 0.2) is 0 Å². The van der Waals surface area contributed by atoms with Crippen molar-refractivity contribution >= 4 is 17.5 Å². The van der Waals surface area contributed by atoms with E-state index in [1.165, 1.54) is 12.3 Å². The summed E-state index contributed by atoms with van der Waals surface area (Å²) in [4.78, 5) is 32.8. The van der Waals surface area contributed by atoms with Gasteiger partial charge in [0.05, 0.1) is 24.4 Å². The quantitative estimate of drug-likeness (QED) is 0.739. The number of carbonyl (C=O) groups is 2. The average Bonchev–Trinajstić information content (AvgIpc) is 3.30. The van der Waals surface area contributed by atoms with E-state index in [2.05, 4.69) is 20.6 Å². The minimum absolute atomic E-state index is 0.231. The molecule has 0 unspecified atom stereocenters. The summed E-state index contributed by atoms with van der Waals surface area (Å²) in [6.45, 7) is 0. The second kappa shape index (κ2) is 6.79. The Kier molecular flexibility index (Phi) is 4.18. The standard InChI is InChI=1S/C19H16N4O3/c24-18(12-3-5-21-17(8-12)19(25)22-15-1-2-15)23-16-7-14(9-20-10-16)13-4-6-26-11-13/h3-11,15H,1-2H2,(H,22,25)(H,23,24). The Morgan fingerprint density at radius 2 is 1.96 bits per heavy atom. The molecule has 0 aromatic carbocycles. The highest BCUT2D eigenvalue weighted by molar-refractivity contribution is 6.05. The number of hydrogen-bond donors (Lipinski definition) is 2. The molecule has 1 fully saturated rings. The predicted molar refractivity (Wildman–Crippen MR) is 94.6 cm³/mol. The third-order valence-electron chi connectivity index (χ3n) is 4.02. The average molecular weight is 348 g/mol. The maximum absolute atomic E-state index is 12.5. The third-order valence-corrected chi connectivity index (χ3v) is 4.02. The number of nitrogens with one attached hydrogen (secondary N) is 2. The van der Waals surface area contributed by atoms with E-state index in [1.54, 1.807) is 37.1 Å². The van der Waals surface area contributed by atoms with Gasteiger partial charge in [-0.05, 0) is 37.1 Å². The number of anilines is 1. The van der Waals surface area contributed by atoms with Gasteiger partial charge in [0.2, 0.25) is 0 Å². The smallest absolute Gasteiger partial charge is 0.270 e. The maximum Gasteiger partial charge on any atom is 0.270 e. The molecule has 2 amide bonds. The first kappa shape index (κ1) is 16.0. The molecule has 0 atom stereocenters. The number of furan rings is 1. The first-order valence-corrected chi connectivity index (χ1v) is 8.25. The lowest BCUT2D eigenvalue weighted by Crippen LogP contribution is -2.26. The summed E-state index contributed by atoms with van der Waals surface area (Å²) in [7, 11) is 0. The number of aromatic nitrogens is 2. The molecular weight excluding hydrogens is 332 g/mol. The molecule has 3 heterocycles. The van der Waals surface area contributed by atoms with Crippen LogP contribution in [0.3, 0.4) is 0 Å². The zero-order valence-electron chi connectivity index (χ0n) is 13.8. The van der Waals surface area contributed by atoms with Crippen LogP contribution in [0.5, 0.6) is 0 Å². The summed E-state index contributed by atoms with van der Waals surface area (Å²) in [5.41, 5.74) is 2.84. The number of amides is 2. The van der Waals surface area contributed by atoms with Gasteiger partial charge in [0.1, 0.15) is 5.69 Å². The lowest BCUT2D eigenvalue weighted by Gasteiger charge is -2.08. The molecule has 130 valence electrons. The molecule has 0 aliphatic heterocycles. The van der Waals surface area contributed by atoms with Crippen molar-refractivity contribution in [3.63, 3.8) is 0 Å². The lowest BCUT2D eigenvalue weighted by atomic mass is 10.1. The minimum atomic E-state index is -0.334. The Hall–Kier alpha value is -3.48. The molecule has 0 radical (unpaired) electrons. The van der Waals surface area contributed by atoms with E-state index in [1.807, 2.05) is 6.07 Å². The summed E-state index contributed by atoms with van der Waals surface area (Å²) in [6.07, 6.45) is 9.87. The SMILES string of the molecule is O=C(Nc1cncc(-c2ccoc2)c1)c1ccnc(C(=O)NC2CC2)c1. The fourth-order valence-corrected chi connectivity index (χ4v) is 2.48. The summed E-state index contributed by atoms with van der Waals surface area (Å²) < 4.78 is 5.07. The number of rotatable bonds is 5. The summed E-state index contributed by atoms with van der Waals surface area (Å²) >= 11 is 0. The van der Waals surface area contributed by atoms with Crippen molar-refractivity contribution in [3.05, 3.63) is 66.6 Å². The monoisotopic (exact) mass is 348 g/mol. The number of carbonyl (C=O) groups excluding carboxylic acids is 2. The molecule has 7 heteroatoms. The Morgan fingerprint density at radius 1 is 1.08 bits per heavy atom. The van der Waals surface area contributed by atoms with Gasteiger partial charge in [0, 0.05) is 35.1 Å². The normalized spacial score (nSPS) is 13.2. The molecule has 1 aliphatic carbocycles. The van der Waals surface area contributed by atoms with Crippen molar-refractivity contribution in [2.24, 2.45) is 0 Å². The van der Waals surface area contributed by atoms with Crippen molar-refractivity contribution in [2.45, 2.75) is 18.9 Å². The summed E-state index contributed by atoms with van der Waals surface area (Å²) in [5, 5.41) is 5.65. The molecule has 0 spiro atoms.